The molecule has 0 heterocycles. The van der Waals surface area contributed by atoms with Crippen LogP contribution in [0.25, 0.3) is 0 Å². The Morgan fingerprint density at radius 1 is 1.13 bits per heavy atom. The van der Waals surface area contributed by atoms with E-state index in [2.05, 4.69) is 10.6 Å². The molecule has 2 amide bonds. The molecule has 126 valence electrons. The van der Waals surface area contributed by atoms with Crippen LogP contribution in [-0.2, 0) is 9.59 Å². The minimum atomic E-state index is -0.158. The molecule has 1 atom stereocenters. The van der Waals surface area contributed by atoms with Crippen LogP contribution in [0.2, 0.25) is 0 Å². The van der Waals surface area contributed by atoms with Crippen molar-refractivity contribution in [2.45, 2.75) is 18.9 Å². The second-order valence-corrected chi connectivity index (χ2v) is 5.77. The van der Waals surface area contributed by atoms with Crippen molar-refractivity contribution in [1.29, 1.82) is 0 Å². The molecule has 0 saturated heterocycles. The summed E-state index contributed by atoms with van der Waals surface area (Å²) < 4.78 is 10.4. The van der Waals surface area contributed by atoms with E-state index in [4.69, 9.17) is 9.47 Å². The minimum absolute atomic E-state index is 0.0103. The zero-order valence-corrected chi connectivity index (χ0v) is 13.8. The highest BCUT2D eigenvalue weighted by molar-refractivity contribution is 5.92. The number of carbonyl (C=O) groups is 2. The second kappa shape index (κ2) is 7.82. The molecule has 1 saturated carbocycles. The lowest BCUT2D eigenvalue weighted by atomic mass is 10.2. The quantitative estimate of drug-likeness (QED) is 0.599. The SMILES string of the molecule is COc1ccc(NC(=O)C[NH+](C)CC(=O)NC2CC2)cc1OC. The lowest BCUT2D eigenvalue weighted by Gasteiger charge is -2.14. The standard InChI is InChI=1S/C16H23N3O4/c1-19(9-15(20)17-11-4-5-11)10-16(21)18-12-6-7-13(22-2)14(8-12)23-3/h6-8,11H,4-5,9-10H2,1-3H3,(H,17,20)(H,18,21)/p+1. The molecule has 0 spiro atoms. The summed E-state index contributed by atoms with van der Waals surface area (Å²) in [6.07, 6.45) is 2.12. The van der Waals surface area contributed by atoms with Crippen molar-refractivity contribution in [2.75, 3.05) is 39.7 Å². The normalized spacial score (nSPS) is 14.7. The Labute approximate surface area is 135 Å². The lowest BCUT2D eigenvalue weighted by molar-refractivity contribution is -0.862. The van der Waals surface area contributed by atoms with E-state index in [1.807, 2.05) is 7.05 Å². The first-order valence-electron chi connectivity index (χ1n) is 7.64. The number of carbonyl (C=O) groups excluding carboxylic acids is 2. The number of rotatable bonds is 8. The van der Waals surface area contributed by atoms with Crippen molar-refractivity contribution in [3.05, 3.63) is 18.2 Å². The van der Waals surface area contributed by atoms with Crippen LogP contribution in [0.1, 0.15) is 12.8 Å². The fraction of sp³-hybridized carbons (Fsp3) is 0.500. The van der Waals surface area contributed by atoms with E-state index in [-0.39, 0.29) is 24.9 Å². The van der Waals surface area contributed by atoms with Gasteiger partial charge in [-0.1, -0.05) is 0 Å². The van der Waals surface area contributed by atoms with Crippen LogP contribution in [0.3, 0.4) is 0 Å². The monoisotopic (exact) mass is 322 g/mol. The highest BCUT2D eigenvalue weighted by Gasteiger charge is 2.24. The van der Waals surface area contributed by atoms with Crippen molar-refractivity contribution in [1.82, 2.24) is 5.32 Å². The number of nitrogens with one attached hydrogen (secondary N) is 3. The third-order valence-electron chi connectivity index (χ3n) is 3.53. The summed E-state index contributed by atoms with van der Waals surface area (Å²) >= 11 is 0. The maximum Gasteiger partial charge on any atom is 0.279 e. The van der Waals surface area contributed by atoms with Crippen LogP contribution in [0.15, 0.2) is 18.2 Å². The van der Waals surface area contributed by atoms with Crippen molar-refractivity contribution >= 4 is 17.5 Å². The summed E-state index contributed by atoms with van der Waals surface area (Å²) in [5.74, 6) is 0.984. The van der Waals surface area contributed by atoms with E-state index in [9.17, 15) is 9.59 Å². The zero-order chi connectivity index (χ0) is 16.8. The number of likely N-dealkylation sites (N-methyl/N-ethyl adjacent to an activating group) is 1. The summed E-state index contributed by atoms with van der Waals surface area (Å²) in [7, 11) is 4.92. The van der Waals surface area contributed by atoms with Gasteiger partial charge < -0.3 is 25.0 Å². The molecular weight excluding hydrogens is 298 g/mol. The predicted molar refractivity (Wildman–Crippen MR) is 86.0 cm³/mol. The van der Waals surface area contributed by atoms with Crippen molar-refractivity contribution in [3.63, 3.8) is 0 Å². The first-order valence-corrected chi connectivity index (χ1v) is 7.64. The molecule has 2 rings (SSSR count). The third kappa shape index (κ3) is 5.45. The van der Waals surface area contributed by atoms with Gasteiger partial charge in [-0.2, -0.15) is 0 Å². The molecule has 1 aliphatic rings. The first-order chi connectivity index (χ1) is 11.0. The van der Waals surface area contributed by atoms with Crippen LogP contribution in [0.4, 0.5) is 5.69 Å². The van der Waals surface area contributed by atoms with E-state index in [1.54, 1.807) is 32.4 Å². The van der Waals surface area contributed by atoms with Gasteiger partial charge in [0.05, 0.1) is 21.3 Å². The summed E-state index contributed by atoms with van der Waals surface area (Å²) in [6, 6.07) is 5.52. The molecule has 1 unspecified atom stereocenters. The number of benzene rings is 1. The molecule has 0 aromatic heterocycles. The number of ether oxygens (including phenoxy) is 2. The molecule has 7 nitrogen and oxygen atoms in total. The number of hydrogen-bond donors (Lipinski definition) is 3. The van der Waals surface area contributed by atoms with Crippen LogP contribution >= 0.6 is 0 Å². The number of quaternary nitrogens is 1. The van der Waals surface area contributed by atoms with Crippen molar-refractivity contribution in [3.8, 4) is 11.5 Å². The summed E-state index contributed by atoms with van der Waals surface area (Å²) in [5.41, 5.74) is 0.628. The van der Waals surface area contributed by atoms with Gasteiger partial charge in [-0.3, -0.25) is 9.59 Å². The van der Waals surface area contributed by atoms with Crippen LogP contribution in [-0.4, -0.2) is 52.2 Å². The number of methoxy groups -OCH3 is 2. The van der Waals surface area contributed by atoms with E-state index in [0.29, 0.717) is 23.2 Å². The topological polar surface area (TPSA) is 81.1 Å². The fourth-order valence-electron chi connectivity index (χ4n) is 2.24. The van der Waals surface area contributed by atoms with Crippen molar-refractivity contribution < 1.29 is 24.0 Å². The molecule has 1 aromatic rings. The van der Waals surface area contributed by atoms with E-state index in [0.717, 1.165) is 17.7 Å². The van der Waals surface area contributed by atoms with E-state index in [1.165, 1.54) is 0 Å². The summed E-state index contributed by atoms with van der Waals surface area (Å²) in [5, 5.41) is 5.71. The summed E-state index contributed by atoms with van der Waals surface area (Å²) in [4.78, 5) is 24.6. The molecule has 0 radical (unpaired) electrons. The van der Waals surface area contributed by atoms with Gasteiger partial charge in [0.2, 0.25) is 0 Å². The Kier molecular flexibility index (Phi) is 5.81. The molecule has 23 heavy (non-hydrogen) atoms. The fourth-order valence-corrected chi connectivity index (χ4v) is 2.24. The average Bonchev–Trinajstić information content (AvgIpc) is 3.30. The molecule has 0 aliphatic heterocycles. The highest BCUT2D eigenvalue weighted by Crippen LogP contribution is 2.29. The molecule has 1 aromatic carbocycles. The van der Waals surface area contributed by atoms with Gasteiger partial charge in [0.1, 0.15) is 0 Å². The Morgan fingerprint density at radius 2 is 1.78 bits per heavy atom. The van der Waals surface area contributed by atoms with Gasteiger partial charge in [-0.15, -0.1) is 0 Å². The molecule has 7 heteroatoms. The van der Waals surface area contributed by atoms with Crippen molar-refractivity contribution in [2.24, 2.45) is 0 Å². The van der Waals surface area contributed by atoms with Crippen LogP contribution in [0, 0.1) is 0 Å². The molecule has 0 bridgehead atoms. The van der Waals surface area contributed by atoms with Crippen LogP contribution < -0.4 is 25.0 Å². The molecule has 1 aliphatic carbocycles. The lowest BCUT2D eigenvalue weighted by Crippen LogP contribution is -3.11. The van der Waals surface area contributed by atoms with Gasteiger partial charge in [-0.05, 0) is 25.0 Å². The number of hydrogen-bond acceptors (Lipinski definition) is 4. The van der Waals surface area contributed by atoms with E-state index >= 15 is 0 Å². The second-order valence-electron chi connectivity index (χ2n) is 5.77. The smallest absolute Gasteiger partial charge is 0.279 e. The Hall–Kier alpha value is -2.28. The third-order valence-corrected chi connectivity index (χ3v) is 3.53. The summed E-state index contributed by atoms with van der Waals surface area (Å²) in [6.45, 7) is 0.502. The molecular formula is C16H24N3O4+. The van der Waals surface area contributed by atoms with Gasteiger partial charge in [0.25, 0.3) is 11.8 Å². The molecule has 1 fully saturated rings. The zero-order valence-electron chi connectivity index (χ0n) is 13.8. The molecule has 3 N–H and O–H groups in total. The Bertz CT molecular complexity index is 572. The Morgan fingerprint density at radius 3 is 2.39 bits per heavy atom. The highest BCUT2D eigenvalue weighted by atomic mass is 16.5. The average molecular weight is 322 g/mol. The first kappa shape index (κ1) is 17.1. The largest absolute Gasteiger partial charge is 0.493 e. The number of anilines is 1. The maximum absolute atomic E-state index is 12.1. The van der Waals surface area contributed by atoms with E-state index < -0.39 is 0 Å². The van der Waals surface area contributed by atoms with Gasteiger partial charge in [-0.25, -0.2) is 0 Å². The maximum atomic E-state index is 12.1. The Balaban J connectivity index is 1.82. The number of amides is 2. The minimum Gasteiger partial charge on any atom is -0.493 e. The van der Waals surface area contributed by atoms with Gasteiger partial charge >= 0.3 is 0 Å². The predicted octanol–water partition coefficient (Wildman–Crippen LogP) is -0.564. The van der Waals surface area contributed by atoms with Crippen LogP contribution in [0.5, 0.6) is 11.5 Å². The van der Waals surface area contributed by atoms with Gasteiger partial charge in [0.15, 0.2) is 24.6 Å². The van der Waals surface area contributed by atoms with Gasteiger partial charge in [0, 0.05) is 17.8 Å².